The minimum atomic E-state index is -3.82. The van der Waals surface area contributed by atoms with Crippen LogP contribution in [-0.4, -0.2) is 14.4 Å². The van der Waals surface area contributed by atoms with Crippen molar-refractivity contribution in [1.29, 1.82) is 0 Å². The van der Waals surface area contributed by atoms with Crippen LogP contribution in [0.1, 0.15) is 0 Å². The lowest BCUT2D eigenvalue weighted by atomic mass is 10.4. The van der Waals surface area contributed by atoms with Gasteiger partial charge in [-0.25, -0.2) is 17.9 Å². The van der Waals surface area contributed by atoms with Gasteiger partial charge in [-0.05, 0) is 29.6 Å². The lowest BCUT2D eigenvalue weighted by Crippen LogP contribution is -2.34. The summed E-state index contributed by atoms with van der Waals surface area (Å²) in [5, 5.41) is 4.80. The Bertz CT molecular complexity index is 622. The molecule has 0 atom stereocenters. The molecular weight excluding hydrogens is 272 g/mol. The van der Waals surface area contributed by atoms with E-state index in [0.717, 1.165) is 0 Å². The summed E-state index contributed by atoms with van der Waals surface area (Å²) in [4.78, 5) is 11.6. The zero-order chi connectivity index (χ0) is 13.0. The van der Waals surface area contributed by atoms with E-state index in [9.17, 15) is 13.2 Å². The van der Waals surface area contributed by atoms with Crippen LogP contribution in [0.4, 0.5) is 9.80 Å². The lowest BCUT2D eigenvalue weighted by molar-refractivity contribution is 0.256. The predicted octanol–water partition coefficient (Wildman–Crippen LogP) is 2.26. The van der Waals surface area contributed by atoms with Gasteiger partial charge in [-0.2, -0.15) is 0 Å². The van der Waals surface area contributed by atoms with E-state index in [1.165, 1.54) is 23.5 Å². The Labute approximate surface area is 109 Å². The highest BCUT2D eigenvalue weighted by atomic mass is 32.2. The first-order valence-corrected chi connectivity index (χ1v) is 7.36. The fraction of sp³-hybridized carbons (Fsp3) is 0. The fourth-order valence-corrected chi connectivity index (χ4v) is 2.81. The number of anilines is 1. The lowest BCUT2D eigenvalue weighted by Gasteiger charge is -2.06. The van der Waals surface area contributed by atoms with Crippen LogP contribution in [0, 0.1) is 0 Å². The maximum atomic E-state index is 11.8. The summed E-state index contributed by atoms with van der Waals surface area (Å²) in [6.07, 6.45) is 0. The second kappa shape index (κ2) is 5.19. The van der Waals surface area contributed by atoms with Crippen molar-refractivity contribution in [3.8, 4) is 0 Å². The molecular formula is C11H10N2O3S2. The molecule has 2 rings (SSSR count). The van der Waals surface area contributed by atoms with E-state index < -0.39 is 16.1 Å². The number of nitrogens with one attached hydrogen (secondary N) is 2. The summed E-state index contributed by atoms with van der Waals surface area (Å²) in [5.41, 5.74) is 0. The van der Waals surface area contributed by atoms with Gasteiger partial charge in [-0.15, -0.1) is 11.3 Å². The number of amides is 2. The Hall–Kier alpha value is -1.86. The number of carbonyl (C=O) groups excluding carboxylic acids is 1. The first-order valence-electron chi connectivity index (χ1n) is 5.00. The highest BCUT2D eigenvalue weighted by Crippen LogP contribution is 2.15. The number of hydrogen-bond acceptors (Lipinski definition) is 4. The molecule has 1 aromatic carbocycles. The van der Waals surface area contributed by atoms with Crippen LogP contribution in [0.5, 0.6) is 0 Å². The molecule has 0 saturated carbocycles. The first-order chi connectivity index (χ1) is 8.58. The molecule has 0 aliphatic carbocycles. The molecule has 0 saturated heterocycles. The third-order valence-corrected chi connectivity index (χ3v) is 4.17. The third-order valence-electron chi connectivity index (χ3n) is 2.04. The second-order valence-corrected chi connectivity index (χ2v) is 5.98. The summed E-state index contributed by atoms with van der Waals surface area (Å²) < 4.78 is 25.5. The number of sulfonamides is 1. The quantitative estimate of drug-likeness (QED) is 0.906. The van der Waals surface area contributed by atoms with Crippen LogP contribution in [0.15, 0.2) is 52.7 Å². The highest BCUT2D eigenvalue weighted by molar-refractivity contribution is 7.90. The minimum Gasteiger partial charge on any atom is -0.299 e. The summed E-state index contributed by atoms with van der Waals surface area (Å²) in [5.74, 6) is 0. The normalized spacial score (nSPS) is 10.9. The maximum absolute atomic E-state index is 11.8. The van der Waals surface area contributed by atoms with Crippen molar-refractivity contribution in [2.24, 2.45) is 0 Å². The van der Waals surface area contributed by atoms with Crippen molar-refractivity contribution in [3.63, 3.8) is 0 Å². The molecule has 2 N–H and O–H groups in total. The number of benzene rings is 1. The van der Waals surface area contributed by atoms with E-state index in [0.29, 0.717) is 5.00 Å². The summed E-state index contributed by atoms with van der Waals surface area (Å²) >= 11 is 1.31. The zero-order valence-electron chi connectivity index (χ0n) is 9.16. The van der Waals surface area contributed by atoms with Crippen LogP contribution in [-0.2, 0) is 10.0 Å². The van der Waals surface area contributed by atoms with Gasteiger partial charge in [0, 0.05) is 0 Å². The average molecular weight is 282 g/mol. The topological polar surface area (TPSA) is 75.3 Å². The Balaban J connectivity index is 2.07. The van der Waals surface area contributed by atoms with E-state index in [1.54, 1.807) is 35.7 Å². The van der Waals surface area contributed by atoms with E-state index in [-0.39, 0.29) is 4.90 Å². The second-order valence-electron chi connectivity index (χ2n) is 3.35. The van der Waals surface area contributed by atoms with Crippen LogP contribution in [0.2, 0.25) is 0 Å². The molecule has 7 heteroatoms. The van der Waals surface area contributed by atoms with Crippen LogP contribution in [0.25, 0.3) is 0 Å². The van der Waals surface area contributed by atoms with Crippen LogP contribution >= 0.6 is 11.3 Å². The van der Waals surface area contributed by atoms with E-state index in [4.69, 9.17) is 0 Å². The molecule has 18 heavy (non-hydrogen) atoms. The minimum absolute atomic E-state index is 0.0475. The van der Waals surface area contributed by atoms with Crippen molar-refractivity contribution >= 4 is 32.4 Å². The Morgan fingerprint density at radius 1 is 1.06 bits per heavy atom. The number of carbonyl (C=O) groups is 1. The van der Waals surface area contributed by atoms with Crippen molar-refractivity contribution < 1.29 is 13.2 Å². The van der Waals surface area contributed by atoms with Gasteiger partial charge in [0.05, 0.1) is 9.90 Å². The molecule has 94 valence electrons. The Morgan fingerprint density at radius 2 is 1.78 bits per heavy atom. The molecule has 2 amide bonds. The smallest absolute Gasteiger partial charge is 0.299 e. The number of hydrogen-bond donors (Lipinski definition) is 2. The van der Waals surface area contributed by atoms with E-state index >= 15 is 0 Å². The standard InChI is InChI=1S/C11H10N2O3S2/c14-11(12-10-7-4-8-17-10)13-18(15,16)9-5-2-1-3-6-9/h1-8H,(H2,12,13,14). The molecule has 0 bridgehead atoms. The SMILES string of the molecule is O=C(Nc1cccs1)NS(=O)(=O)c1ccccc1. The van der Waals surface area contributed by atoms with Gasteiger partial charge in [-0.3, -0.25) is 5.32 Å². The zero-order valence-corrected chi connectivity index (χ0v) is 10.8. The summed E-state index contributed by atoms with van der Waals surface area (Å²) in [6, 6.07) is 10.4. The largest absolute Gasteiger partial charge is 0.333 e. The molecule has 0 aliphatic rings. The average Bonchev–Trinajstić information content (AvgIpc) is 2.82. The maximum Gasteiger partial charge on any atom is 0.333 e. The molecule has 0 unspecified atom stereocenters. The Morgan fingerprint density at radius 3 is 2.39 bits per heavy atom. The fourth-order valence-electron chi connectivity index (χ4n) is 1.27. The van der Waals surface area contributed by atoms with Gasteiger partial charge in [0.1, 0.15) is 0 Å². The summed E-state index contributed by atoms with van der Waals surface area (Å²) in [7, 11) is -3.82. The van der Waals surface area contributed by atoms with Gasteiger partial charge >= 0.3 is 6.03 Å². The van der Waals surface area contributed by atoms with Gasteiger partial charge in [0.25, 0.3) is 10.0 Å². The molecule has 0 fully saturated rings. The monoisotopic (exact) mass is 282 g/mol. The number of thiophene rings is 1. The summed E-state index contributed by atoms with van der Waals surface area (Å²) in [6.45, 7) is 0. The van der Waals surface area contributed by atoms with Crippen molar-refractivity contribution in [3.05, 3.63) is 47.8 Å². The van der Waals surface area contributed by atoms with E-state index in [1.807, 2.05) is 4.72 Å². The van der Waals surface area contributed by atoms with Crippen molar-refractivity contribution in [2.45, 2.75) is 4.90 Å². The van der Waals surface area contributed by atoms with E-state index in [2.05, 4.69) is 5.32 Å². The van der Waals surface area contributed by atoms with Crippen molar-refractivity contribution in [1.82, 2.24) is 4.72 Å². The molecule has 2 aromatic rings. The molecule has 1 aromatic heterocycles. The molecule has 0 radical (unpaired) electrons. The van der Waals surface area contributed by atoms with Gasteiger partial charge in [-0.1, -0.05) is 18.2 Å². The molecule has 0 spiro atoms. The highest BCUT2D eigenvalue weighted by Gasteiger charge is 2.16. The molecule has 5 nitrogen and oxygen atoms in total. The number of urea groups is 1. The van der Waals surface area contributed by atoms with Gasteiger partial charge < -0.3 is 0 Å². The molecule has 0 aliphatic heterocycles. The van der Waals surface area contributed by atoms with Crippen molar-refractivity contribution in [2.75, 3.05) is 5.32 Å². The first kappa shape index (κ1) is 12.6. The van der Waals surface area contributed by atoms with Crippen LogP contribution < -0.4 is 10.0 Å². The molecule has 1 heterocycles. The van der Waals surface area contributed by atoms with Gasteiger partial charge in [0.2, 0.25) is 0 Å². The number of rotatable bonds is 3. The third kappa shape index (κ3) is 3.08. The predicted molar refractivity (Wildman–Crippen MR) is 70.1 cm³/mol. The van der Waals surface area contributed by atoms with Gasteiger partial charge in [0.15, 0.2) is 0 Å². The van der Waals surface area contributed by atoms with Crippen LogP contribution in [0.3, 0.4) is 0 Å². The Kier molecular flexibility index (Phi) is 3.63.